The Hall–Kier alpha value is -1.30. The molecule has 1 aliphatic rings. The number of H-pyrrole nitrogens is 2. The molecule has 0 aliphatic heterocycles. The summed E-state index contributed by atoms with van der Waals surface area (Å²) in [5, 5.41) is 4.54. The fraction of sp³-hybridized carbons (Fsp3) is 0.750. The number of nitrogens with one attached hydrogen (secondary N) is 2. The molecule has 2 atom stereocenters. The minimum absolute atomic E-state index is 0.0849. The highest BCUT2D eigenvalue weighted by Crippen LogP contribution is 2.24. The van der Waals surface area contributed by atoms with E-state index in [-0.39, 0.29) is 12.1 Å². The largest absolute Gasteiger partial charge is 0.344 e. The normalized spacial score (nSPS) is 27.8. The second-order valence-corrected chi connectivity index (χ2v) is 3.75. The molecule has 0 aromatic carbocycles. The summed E-state index contributed by atoms with van der Waals surface area (Å²) in [4.78, 5) is 22.6. The van der Waals surface area contributed by atoms with Crippen LogP contribution in [0.2, 0.25) is 0 Å². The van der Waals surface area contributed by atoms with Gasteiger partial charge in [-0.15, -0.1) is 0 Å². The van der Waals surface area contributed by atoms with Gasteiger partial charge in [-0.1, -0.05) is 12.8 Å². The first-order valence-electron chi connectivity index (χ1n) is 4.85. The Labute approximate surface area is 80.1 Å². The van der Waals surface area contributed by atoms with Gasteiger partial charge in [-0.3, -0.25) is 0 Å². The van der Waals surface area contributed by atoms with Gasteiger partial charge in [0.05, 0.1) is 6.04 Å². The molecule has 78 valence electrons. The Morgan fingerprint density at radius 2 is 1.71 bits per heavy atom. The molecule has 1 fully saturated rings. The third-order valence-corrected chi connectivity index (χ3v) is 2.83. The van der Waals surface area contributed by atoms with E-state index in [0.29, 0.717) is 0 Å². The number of aromatic amines is 2. The van der Waals surface area contributed by atoms with Crippen molar-refractivity contribution < 1.29 is 0 Å². The second kappa shape index (κ2) is 3.45. The van der Waals surface area contributed by atoms with Crippen molar-refractivity contribution in [1.29, 1.82) is 0 Å². The first-order valence-corrected chi connectivity index (χ1v) is 4.85. The summed E-state index contributed by atoms with van der Waals surface area (Å²) in [6.45, 7) is 0. The van der Waals surface area contributed by atoms with E-state index in [0.717, 1.165) is 25.7 Å². The number of nitrogens with zero attached hydrogens (tertiary/aromatic N) is 1. The molecule has 4 N–H and O–H groups in total. The number of hydrogen-bond donors (Lipinski definition) is 3. The quantitative estimate of drug-likeness (QED) is 0.557. The first-order chi connectivity index (χ1) is 6.70. The van der Waals surface area contributed by atoms with Crippen molar-refractivity contribution in [2.24, 2.45) is 5.73 Å². The molecular formula is C8H14N4O2. The van der Waals surface area contributed by atoms with E-state index in [9.17, 15) is 9.59 Å². The molecule has 1 aliphatic carbocycles. The van der Waals surface area contributed by atoms with Crippen molar-refractivity contribution in [1.82, 2.24) is 14.8 Å². The fourth-order valence-electron chi connectivity index (χ4n) is 2.08. The van der Waals surface area contributed by atoms with Gasteiger partial charge in [-0.25, -0.2) is 24.4 Å². The van der Waals surface area contributed by atoms with E-state index in [4.69, 9.17) is 5.73 Å². The van der Waals surface area contributed by atoms with Crippen molar-refractivity contribution in [3.8, 4) is 0 Å². The molecule has 0 unspecified atom stereocenters. The van der Waals surface area contributed by atoms with Crippen LogP contribution in [0.1, 0.15) is 31.7 Å². The highest BCUT2D eigenvalue weighted by atomic mass is 16.2. The zero-order chi connectivity index (χ0) is 10.1. The van der Waals surface area contributed by atoms with Gasteiger partial charge in [0.25, 0.3) is 0 Å². The molecule has 0 radical (unpaired) electrons. The van der Waals surface area contributed by atoms with Crippen LogP contribution in [0.15, 0.2) is 9.59 Å². The SMILES string of the molecule is N[C@@H]1CCCC[C@H]1n1c(=O)[nH][nH]c1=O. The zero-order valence-electron chi connectivity index (χ0n) is 7.82. The lowest BCUT2D eigenvalue weighted by Gasteiger charge is -2.27. The van der Waals surface area contributed by atoms with Gasteiger partial charge in [0.1, 0.15) is 0 Å². The van der Waals surface area contributed by atoms with Gasteiger partial charge >= 0.3 is 11.4 Å². The topological polar surface area (TPSA) is 96.7 Å². The number of hydrogen-bond acceptors (Lipinski definition) is 3. The third-order valence-electron chi connectivity index (χ3n) is 2.83. The van der Waals surface area contributed by atoms with Crippen LogP contribution >= 0.6 is 0 Å². The Kier molecular flexibility index (Phi) is 2.28. The molecule has 1 saturated carbocycles. The van der Waals surface area contributed by atoms with Gasteiger partial charge < -0.3 is 5.73 Å². The maximum absolute atomic E-state index is 11.3. The molecule has 0 amide bonds. The minimum atomic E-state index is -0.391. The molecule has 6 nitrogen and oxygen atoms in total. The molecule has 14 heavy (non-hydrogen) atoms. The van der Waals surface area contributed by atoms with Crippen LogP contribution < -0.4 is 17.1 Å². The number of nitrogens with two attached hydrogens (primary N) is 1. The van der Waals surface area contributed by atoms with E-state index in [1.807, 2.05) is 0 Å². The molecule has 1 heterocycles. The monoisotopic (exact) mass is 198 g/mol. The van der Waals surface area contributed by atoms with E-state index in [2.05, 4.69) is 10.2 Å². The van der Waals surface area contributed by atoms with Gasteiger partial charge in [0, 0.05) is 6.04 Å². The molecule has 0 spiro atoms. The summed E-state index contributed by atoms with van der Waals surface area (Å²) in [7, 11) is 0. The Bertz CT molecular complexity index is 388. The molecule has 0 saturated heterocycles. The maximum atomic E-state index is 11.3. The molecule has 0 bridgehead atoms. The molecule has 6 heteroatoms. The van der Waals surface area contributed by atoms with Crippen molar-refractivity contribution in [3.05, 3.63) is 21.0 Å². The standard InChI is InChI=1S/C8H14N4O2/c9-5-3-1-2-4-6(5)12-7(13)10-11-8(12)14/h5-6H,1-4,9H2,(H,10,13)(H,11,14)/t5-,6-/m1/s1. The van der Waals surface area contributed by atoms with Crippen LogP contribution in [-0.4, -0.2) is 20.8 Å². The average Bonchev–Trinajstić information content (AvgIpc) is 2.48. The van der Waals surface area contributed by atoms with Gasteiger partial charge in [-0.2, -0.15) is 0 Å². The summed E-state index contributed by atoms with van der Waals surface area (Å²) in [6.07, 6.45) is 3.79. The van der Waals surface area contributed by atoms with Crippen LogP contribution in [0.4, 0.5) is 0 Å². The number of aromatic nitrogens is 3. The van der Waals surface area contributed by atoms with E-state index in [1.54, 1.807) is 0 Å². The van der Waals surface area contributed by atoms with Crippen molar-refractivity contribution >= 4 is 0 Å². The predicted molar refractivity (Wildman–Crippen MR) is 51.2 cm³/mol. The molecule has 2 rings (SSSR count). The second-order valence-electron chi connectivity index (χ2n) is 3.75. The summed E-state index contributed by atoms with van der Waals surface area (Å²) < 4.78 is 1.20. The molecular weight excluding hydrogens is 184 g/mol. The molecule has 1 aromatic heterocycles. The summed E-state index contributed by atoms with van der Waals surface area (Å²) in [5.41, 5.74) is 5.10. The van der Waals surface area contributed by atoms with Crippen molar-refractivity contribution in [2.45, 2.75) is 37.8 Å². The average molecular weight is 198 g/mol. The van der Waals surface area contributed by atoms with Gasteiger partial charge in [0.2, 0.25) is 0 Å². The lowest BCUT2D eigenvalue weighted by Crippen LogP contribution is -2.42. The number of rotatable bonds is 1. The minimum Gasteiger partial charge on any atom is -0.326 e. The zero-order valence-corrected chi connectivity index (χ0v) is 7.82. The summed E-state index contributed by atoms with van der Waals surface area (Å²) in [6, 6.07) is -0.232. The van der Waals surface area contributed by atoms with Crippen molar-refractivity contribution in [2.75, 3.05) is 0 Å². The van der Waals surface area contributed by atoms with E-state index >= 15 is 0 Å². The third kappa shape index (κ3) is 1.41. The molecule has 1 aromatic rings. The maximum Gasteiger partial charge on any atom is 0.344 e. The van der Waals surface area contributed by atoms with Crippen LogP contribution in [-0.2, 0) is 0 Å². The highest BCUT2D eigenvalue weighted by Gasteiger charge is 2.26. The van der Waals surface area contributed by atoms with Crippen LogP contribution in [0, 0.1) is 0 Å². The Morgan fingerprint density at radius 3 is 2.29 bits per heavy atom. The van der Waals surface area contributed by atoms with Gasteiger partial charge in [-0.05, 0) is 12.8 Å². The lowest BCUT2D eigenvalue weighted by molar-refractivity contribution is 0.295. The summed E-state index contributed by atoms with van der Waals surface area (Å²) in [5.74, 6) is 0. The highest BCUT2D eigenvalue weighted by molar-refractivity contribution is 4.85. The van der Waals surface area contributed by atoms with E-state index < -0.39 is 11.4 Å². The van der Waals surface area contributed by atoms with Crippen LogP contribution in [0.5, 0.6) is 0 Å². The smallest absolute Gasteiger partial charge is 0.326 e. The van der Waals surface area contributed by atoms with Gasteiger partial charge in [0.15, 0.2) is 0 Å². The van der Waals surface area contributed by atoms with Crippen LogP contribution in [0.25, 0.3) is 0 Å². The Morgan fingerprint density at radius 1 is 1.14 bits per heavy atom. The Balaban J connectivity index is 2.38. The summed E-state index contributed by atoms with van der Waals surface area (Å²) >= 11 is 0. The van der Waals surface area contributed by atoms with Crippen LogP contribution in [0.3, 0.4) is 0 Å². The van der Waals surface area contributed by atoms with E-state index in [1.165, 1.54) is 4.57 Å². The van der Waals surface area contributed by atoms with Crippen molar-refractivity contribution in [3.63, 3.8) is 0 Å². The fourth-order valence-corrected chi connectivity index (χ4v) is 2.08. The lowest BCUT2D eigenvalue weighted by atomic mass is 9.91. The first kappa shape index (κ1) is 9.26. The predicted octanol–water partition coefficient (Wildman–Crippen LogP) is -0.693.